The molecule has 3 heterocycles. The van der Waals surface area contributed by atoms with Crippen molar-refractivity contribution in [3.8, 4) is 0 Å². The molecule has 0 saturated carbocycles. The summed E-state index contributed by atoms with van der Waals surface area (Å²) in [5, 5.41) is 4.96. The first kappa shape index (κ1) is 19.0. The monoisotopic (exact) mass is 399 g/mol. The van der Waals surface area contributed by atoms with Gasteiger partial charge in [0, 0.05) is 17.6 Å². The standard InChI is InChI=1S/C20H19F2N5O2/c1-11(2)27-18-13(10-24-27)8-14(9-23-18)19(28)29-12(3)17-25-15-6-4-5-7-16(15)26(17)20(21)22/h4-12,20H,1-3H3. The summed E-state index contributed by atoms with van der Waals surface area (Å²) in [4.78, 5) is 21.1. The van der Waals surface area contributed by atoms with E-state index in [1.165, 1.54) is 13.1 Å². The van der Waals surface area contributed by atoms with Crippen LogP contribution in [-0.2, 0) is 4.74 Å². The molecule has 4 aromatic rings. The van der Waals surface area contributed by atoms with Gasteiger partial charge >= 0.3 is 12.5 Å². The lowest BCUT2D eigenvalue weighted by Crippen LogP contribution is -2.15. The first-order chi connectivity index (χ1) is 13.9. The average Bonchev–Trinajstić information content (AvgIpc) is 3.28. The topological polar surface area (TPSA) is 74.8 Å². The highest BCUT2D eigenvalue weighted by Crippen LogP contribution is 2.28. The Morgan fingerprint density at radius 3 is 2.62 bits per heavy atom. The molecule has 1 aromatic carbocycles. The van der Waals surface area contributed by atoms with Crippen molar-refractivity contribution in [2.75, 3.05) is 0 Å². The normalized spacial score (nSPS) is 12.9. The Kier molecular flexibility index (Phi) is 4.73. The molecule has 0 spiro atoms. The lowest BCUT2D eigenvalue weighted by atomic mass is 10.2. The highest BCUT2D eigenvalue weighted by atomic mass is 19.3. The maximum atomic E-state index is 13.6. The van der Waals surface area contributed by atoms with Crippen LogP contribution in [0.25, 0.3) is 22.1 Å². The summed E-state index contributed by atoms with van der Waals surface area (Å²) in [5.41, 5.74) is 1.57. The van der Waals surface area contributed by atoms with E-state index in [0.29, 0.717) is 16.6 Å². The van der Waals surface area contributed by atoms with E-state index in [2.05, 4.69) is 15.1 Å². The predicted molar refractivity (Wildman–Crippen MR) is 103 cm³/mol. The number of esters is 1. The van der Waals surface area contributed by atoms with Crippen LogP contribution in [0.1, 0.15) is 55.6 Å². The number of pyridine rings is 1. The molecule has 0 bridgehead atoms. The van der Waals surface area contributed by atoms with E-state index >= 15 is 0 Å². The van der Waals surface area contributed by atoms with E-state index < -0.39 is 18.6 Å². The van der Waals surface area contributed by atoms with Gasteiger partial charge < -0.3 is 4.74 Å². The van der Waals surface area contributed by atoms with Crippen molar-refractivity contribution in [3.05, 3.63) is 54.1 Å². The number of para-hydroxylation sites is 2. The molecule has 0 saturated heterocycles. The fraction of sp³-hybridized carbons (Fsp3) is 0.300. The molecule has 1 atom stereocenters. The Bertz CT molecular complexity index is 1200. The Hall–Kier alpha value is -3.36. The van der Waals surface area contributed by atoms with Crippen molar-refractivity contribution in [1.29, 1.82) is 0 Å². The number of benzene rings is 1. The third-order valence-electron chi connectivity index (χ3n) is 4.62. The number of rotatable bonds is 5. The molecular formula is C20H19F2N5O2. The van der Waals surface area contributed by atoms with Crippen molar-refractivity contribution in [1.82, 2.24) is 24.3 Å². The number of imidazole rings is 1. The minimum absolute atomic E-state index is 0.0174. The number of carbonyl (C=O) groups is 1. The SMILES string of the molecule is CC(OC(=O)c1cnc2c(cnn2C(C)C)c1)c1nc2ccccc2n1C(F)F. The van der Waals surface area contributed by atoms with Crippen LogP contribution in [0.2, 0.25) is 0 Å². The number of carbonyl (C=O) groups excluding carboxylic acids is 1. The van der Waals surface area contributed by atoms with Crippen LogP contribution in [0.3, 0.4) is 0 Å². The molecule has 0 radical (unpaired) electrons. The Labute approximate surface area is 164 Å². The fourth-order valence-corrected chi connectivity index (χ4v) is 3.27. The highest BCUT2D eigenvalue weighted by molar-refractivity contribution is 5.93. The van der Waals surface area contributed by atoms with E-state index in [4.69, 9.17) is 4.74 Å². The highest BCUT2D eigenvalue weighted by Gasteiger charge is 2.25. The van der Waals surface area contributed by atoms with Gasteiger partial charge in [-0.2, -0.15) is 13.9 Å². The number of ether oxygens (including phenoxy) is 1. The van der Waals surface area contributed by atoms with Crippen LogP contribution in [-0.4, -0.2) is 30.3 Å². The van der Waals surface area contributed by atoms with Crippen molar-refractivity contribution < 1.29 is 18.3 Å². The summed E-state index contributed by atoms with van der Waals surface area (Å²) in [7, 11) is 0. The Morgan fingerprint density at radius 1 is 1.14 bits per heavy atom. The molecule has 29 heavy (non-hydrogen) atoms. The molecule has 4 rings (SSSR count). The minimum atomic E-state index is -2.81. The lowest BCUT2D eigenvalue weighted by molar-refractivity contribution is 0.0233. The largest absolute Gasteiger partial charge is 0.451 e. The maximum Gasteiger partial charge on any atom is 0.340 e. The molecule has 0 aliphatic heterocycles. The zero-order valence-corrected chi connectivity index (χ0v) is 16.1. The van der Waals surface area contributed by atoms with E-state index in [-0.39, 0.29) is 22.9 Å². The molecule has 9 heteroatoms. The van der Waals surface area contributed by atoms with Gasteiger partial charge in [-0.25, -0.2) is 19.4 Å². The molecule has 0 aliphatic rings. The zero-order valence-electron chi connectivity index (χ0n) is 16.1. The third kappa shape index (κ3) is 3.32. The summed E-state index contributed by atoms with van der Waals surface area (Å²) >= 11 is 0. The van der Waals surface area contributed by atoms with Gasteiger partial charge in [0.1, 0.15) is 0 Å². The van der Waals surface area contributed by atoms with E-state index in [1.54, 1.807) is 41.2 Å². The first-order valence-electron chi connectivity index (χ1n) is 9.16. The van der Waals surface area contributed by atoms with Crippen LogP contribution >= 0.6 is 0 Å². The molecule has 150 valence electrons. The first-order valence-corrected chi connectivity index (χ1v) is 9.16. The van der Waals surface area contributed by atoms with E-state index in [9.17, 15) is 13.6 Å². The quantitative estimate of drug-likeness (QED) is 0.456. The molecule has 3 aromatic heterocycles. The van der Waals surface area contributed by atoms with Gasteiger partial charge in [-0.15, -0.1) is 0 Å². The van der Waals surface area contributed by atoms with Gasteiger partial charge in [0.25, 0.3) is 0 Å². The molecule has 0 fully saturated rings. The van der Waals surface area contributed by atoms with Gasteiger partial charge in [0.2, 0.25) is 0 Å². The zero-order chi connectivity index (χ0) is 20.7. The molecule has 0 N–H and O–H groups in total. The minimum Gasteiger partial charge on any atom is -0.451 e. The molecular weight excluding hydrogens is 380 g/mol. The molecule has 1 unspecified atom stereocenters. The second-order valence-corrected chi connectivity index (χ2v) is 6.97. The van der Waals surface area contributed by atoms with Gasteiger partial charge in [0.15, 0.2) is 17.6 Å². The van der Waals surface area contributed by atoms with E-state index in [0.717, 1.165) is 4.57 Å². The fourth-order valence-electron chi connectivity index (χ4n) is 3.27. The number of alkyl halides is 2. The number of fused-ring (bicyclic) bond motifs is 2. The number of aromatic nitrogens is 5. The number of nitrogens with zero attached hydrogens (tertiary/aromatic N) is 5. The van der Waals surface area contributed by atoms with Crippen molar-refractivity contribution in [3.63, 3.8) is 0 Å². The second kappa shape index (κ2) is 7.23. The summed E-state index contributed by atoms with van der Waals surface area (Å²) in [6.45, 7) is 2.67. The van der Waals surface area contributed by atoms with Crippen LogP contribution in [0, 0.1) is 0 Å². The van der Waals surface area contributed by atoms with Crippen molar-refractivity contribution >= 4 is 28.0 Å². The average molecular weight is 399 g/mol. The van der Waals surface area contributed by atoms with Gasteiger partial charge in [-0.1, -0.05) is 12.1 Å². The van der Waals surface area contributed by atoms with Crippen LogP contribution < -0.4 is 0 Å². The smallest absolute Gasteiger partial charge is 0.340 e. The van der Waals surface area contributed by atoms with Gasteiger partial charge in [-0.05, 0) is 39.0 Å². The van der Waals surface area contributed by atoms with Gasteiger partial charge in [-0.3, -0.25) is 4.57 Å². The van der Waals surface area contributed by atoms with Crippen LogP contribution in [0.15, 0.2) is 42.7 Å². The molecule has 0 amide bonds. The predicted octanol–water partition coefficient (Wildman–Crippen LogP) is 4.68. The third-order valence-corrected chi connectivity index (χ3v) is 4.62. The van der Waals surface area contributed by atoms with Gasteiger partial charge in [0.05, 0.1) is 22.8 Å². The van der Waals surface area contributed by atoms with E-state index in [1.807, 2.05) is 13.8 Å². The molecule has 0 aliphatic carbocycles. The van der Waals surface area contributed by atoms with Crippen molar-refractivity contribution in [2.24, 2.45) is 0 Å². The summed E-state index contributed by atoms with van der Waals surface area (Å²) in [6, 6.07) is 8.30. The summed E-state index contributed by atoms with van der Waals surface area (Å²) in [5.74, 6) is -0.687. The summed E-state index contributed by atoms with van der Waals surface area (Å²) < 4.78 is 35.2. The Balaban J connectivity index is 1.62. The second-order valence-electron chi connectivity index (χ2n) is 6.97. The Morgan fingerprint density at radius 2 is 1.90 bits per heavy atom. The van der Waals surface area contributed by atoms with Crippen molar-refractivity contribution in [2.45, 2.75) is 39.5 Å². The number of hydrogen-bond donors (Lipinski definition) is 0. The number of halogens is 2. The van der Waals surface area contributed by atoms with Crippen LogP contribution in [0.5, 0.6) is 0 Å². The molecule has 7 nitrogen and oxygen atoms in total. The van der Waals surface area contributed by atoms with Crippen LogP contribution in [0.4, 0.5) is 8.78 Å². The lowest BCUT2D eigenvalue weighted by Gasteiger charge is -2.15. The summed E-state index contributed by atoms with van der Waals surface area (Å²) in [6.07, 6.45) is 2.05. The number of hydrogen-bond acceptors (Lipinski definition) is 5. The maximum absolute atomic E-state index is 13.6.